The van der Waals surface area contributed by atoms with Crippen LogP contribution in [0.25, 0.3) is 0 Å². The van der Waals surface area contributed by atoms with E-state index in [0.29, 0.717) is 33.0 Å². The van der Waals surface area contributed by atoms with Gasteiger partial charge in [-0.2, -0.15) is 0 Å². The van der Waals surface area contributed by atoms with Crippen molar-refractivity contribution in [2.45, 2.75) is 51.4 Å². The monoisotopic (exact) mass is 610 g/mol. The molecule has 10 nitrogen and oxygen atoms in total. The van der Waals surface area contributed by atoms with Gasteiger partial charge in [-0.05, 0) is 25.0 Å². The molecular formula is C30H34N4O6S2. The van der Waals surface area contributed by atoms with Gasteiger partial charge in [0.15, 0.2) is 0 Å². The first-order valence-electron chi connectivity index (χ1n) is 13.5. The van der Waals surface area contributed by atoms with Crippen LogP contribution in [-0.2, 0) is 48.1 Å². The maximum Gasteiger partial charge on any atom is 0.144 e. The van der Waals surface area contributed by atoms with Crippen molar-refractivity contribution in [1.82, 2.24) is 20.4 Å². The van der Waals surface area contributed by atoms with E-state index >= 15 is 0 Å². The van der Waals surface area contributed by atoms with Crippen molar-refractivity contribution in [2.75, 3.05) is 28.4 Å². The molecule has 4 aromatic rings. The quantitative estimate of drug-likeness (QED) is 0.156. The first kappa shape index (κ1) is 31.0. The number of carbonyl (C=O) groups excluding carboxylic acids is 2. The summed E-state index contributed by atoms with van der Waals surface area (Å²) >= 11 is 2.95. The largest absolute Gasteiger partial charge is 0.497 e. The fourth-order valence-corrected chi connectivity index (χ4v) is 6.19. The molecule has 0 saturated heterocycles. The van der Waals surface area contributed by atoms with Crippen molar-refractivity contribution >= 4 is 34.2 Å². The topological polar surface area (TPSA) is 123 Å². The van der Waals surface area contributed by atoms with Crippen LogP contribution < -0.4 is 18.9 Å². The highest BCUT2D eigenvalue weighted by Crippen LogP contribution is 2.27. The van der Waals surface area contributed by atoms with Gasteiger partial charge in [0, 0.05) is 48.9 Å². The zero-order chi connectivity index (χ0) is 29.9. The predicted octanol–water partition coefficient (Wildman–Crippen LogP) is 4.70. The minimum atomic E-state index is 0.0508. The highest BCUT2D eigenvalue weighted by atomic mass is 32.1. The number of aryl methyl sites for hydroxylation is 2. The summed E-state index contributed by atoms with van der Waals surface area (Å²) in [5.41, 5.74) is 1.63. The zero-order valence-electron chi connectivity index (χ0n) is 24.2. The first-order valence-corrected chi connectivity index (χ1v) is 15.1. The van der Waals surface area contributed by atoms with E-state index in [4.69, 9.17) is 18.9 Å². The number of methoxy groups -OCH3 is 4. The third-order valence-corrected chi connectivity index (χ3v) is 8.48. The van der Waals surface area contributed by atoms with E-state index in [-0.39, 0.29) is 37.2 Å². The SMILES string of the molecule is COc1ccc(CC(=O)Cc2nnc(CCCCc3nnc(CC(=O)Cc4ccc(OC)cc4OC)s3)s2)c(OC)c1. The van der Waals surface area contributed by atoms with Gasteiger partial charge in [0.2, 0.25) is 0 Å². The molecule has 0 atom stereocenters. The molecule has 0 N–H and O–H groups in total. The molecule has 222 valence electrons. The standard InChI is InChI=1S/C30H34N4O6S2/c1-37-23-11-9-19(25(17-23)39-3)13-21(35)15-29-33-31-27(41-29)7-5-6-8-28-32-34-30(42-28)16-22(36)14-20-10-12-24(38-2)18-26(20)40-4/h9-12,17-18H,5-8,13-16H2,1-4H3. The second-order valence-electron chi connectivity index (χ2n) is 9.53. The Hall–Kier alpha value is -3.90. The molecule has 0 unspecified atom stereocenters. The molecule has 0 saturated carbocycles. The summed E-state index contributed by atoms with van der Waals surface area (Å²) in [4.78, 5) is 25.3. The number of hydrogen-bond donors (Lipinski definition) is 0. The molecular weight excluding hydrogens is 576 g/mol. The number of carbonyl (C=O) groups is 2. The molecule has 12 heteroatoms. The van der Waals surface area contributed by atoms with Crippen LogP contribution >= 0.6 is 22.7 Å². The Morgan fingerprint density at radius 2 is 0.976 bits per heavy atom. The van der Waals surface area contributed by atoms with Gasteiger partial charge in [0.25, 0.3) is 0 Å². The fraction of sp³-hybridized carbons (Fsp3) is 0.400. The summed E-state index contributed by atoms with van der Waals surface area (Å²) in [5, 5.41) is 20.2. The minimum absolute atomic E-state index is 0.0508. The van der Waals surface area contributed by atoms with Crippen LogP contribution in [0.4, 0.5) is 0 Å². The number of benzene rings is 2. The molecule has 0 aliphatic rings. The van der Waals surface area contributed by atoms with Gasteiger partial charge >= 0.3 is 0 Å². The van der Waals surface area contributed by atoms with Crippen LogP contribution in [-0.4, -0.2) is 60.4 Å². The van der Waals surface area contributed by atoms with Gasteiger partial charge in [-0.25, -0.2) is 0 Å². The number of rotatable bonds is 17. The lowest BCUT2D eigenvalue weighted by atomic mass is 10.1. The summed E-state index contributed by atoms with van der Waals surface area (Å²) < 4.78 is 21.2. The molecule has 0 radical (unpaired) electrons. The van der Waals surface area contributed by atoms with Crippen LogP contribution in [0, 0.1) is 0 Å². The Balaban J connectivity index is 1.18. The lowest BCUT2D eigenvalue weighted by Gasteiger charge is -2.09. The van der Waals surface area contributed by atoms with Gasteiger partial charge in [-0.3, -0.25) is 9.59 Å². The zero-order valence-corrected chi connectivity index (χ0v) is 25.8. The van der Waals surface area contributed by atoms with Gasteiger partial charge in [-0.15, -0.1) is 43.1 Å². The molecule has 2 aromatic carbocycles. The Kier molecular flexibility index (Phi) is 11.4. The second kappa shape index (κ2) is 15.4. The summed E-state index contributed by atoms with van der Waals surface area (Å²) in [6.07, 6.45) is 4.39. The number of aromatic nitrogens is 4. The highest BCUT2D eigenvalue weighted by molar-refractivity contribution is 7.11. The Morgan fingerprint density at radius 3 is 1.36 bits per heavy atom. The highest BCUT2D eigenvalue weighted by Gasteiger charge is 2.15. The maximum absolute atomic E-state index is 12.7. The van der Waals surface area contributed by atoms with Crippen LogP contribution in [0.15, 0.2) is 36.4 Å². The van der Waals surface area contributed by atoms with Crippen LogP contribution in [0.3, 0.4) is 0 Å². The number of nitrogens with zero attached hydrogens (tertiary/aromatic N) is 4. The van der Waals surface area contributed by atoms with E-state index in [9.17, 15) is 9.59 Å². The number of Topliss-reactive ketones (excluding diaryl/α,β-unsaturated/α-hetero) is 2. The van der Waals surface area contributed by atoms with Crippen molar-refractivity contribution in [2.24, 2.45) is 0 Å². The molecule has 2 heterocycles. The number of unbranched alkanes of at least 4 members (excludes halogenated alkanes) is 1. The Labute approximate surface area is 253 Å². The smallest absolute Gasteiger partial charge is 0.144 e. The Bertz CT molecular complexity index is 1390. The molecule has 4 rings (SSSR count). The van der Waals surface area contributed by atoms with Crippen LogP contribution in [0.5, 0.6) is 23.0 Å². The summed E-state index contributed by atoms with van der Waals surface area (Å²) in [6, 6.07) is 10.9. The lowest BCUT2D eigenvalue weighted by Crippen LogP contribution is -2.07. The summed E-state index contributed by atoms with van der Waals surface area (Å²) in [6.45, 7) is 0. The number of ketones is 2. The molecule has 0 aliphatic heterocycles. The average molecular weight is 611 g/mol. The number of hydrogen-bond acceptors (Lipinski definition) is 12. The van der Waals surface area contributed by atoms with Gasteiger partial charge in [0.1, 0.15) is 54.6 Å². The van der Waals surface area contributed by atoms with E-state index in [1.54, 1.807) is 40.6 Å². The van der Waals surface area contributed by atoms with E-state index in [1.807, 2.05) is 24.3 Å². The lowest BCUT2D eigenvalue weighted by molar-refractivity contribution is -0.118. The van der Waals surface area contributed by atoms with Gasteiger partial charge in [-0.1, -0.05) is 12.1 Å². The van der Waals surface area contributed by atoms with Crippen molar-refractivity contribution < 1.29 is 28.5 Å². The van der Waals surface area contributed by atoms with E-state index in [0.717, 1.165) is 46.8 Å². The van der Waals surface area contributed by atoms with E-state index < -0.39 is 0 Å². The molecule has 0 aliphatic carbocycles. The van der Waals surface area contributed by atoms with Gasteiger partial charge < -0.3 is 18.9 Å². The van der Waals surface area contributed by atoms with E-state index in [1.165, 1.54) is 22.7 Å². The average Bonchev–Trinajstić information content (AvgIpc) is 3.64. The van der Waals surface area contributed by atoms with Crippen molar-refractivity contribution in [3.05, 3.63) is 67.6 Å². The van der Waals surface area contributed by atoms with E-state index in [2.05, 4.69) is 20.4 Å². The van der Waals surface area contributed by atoms with Crippen LogP contribution in [0.2, 0.25) is 0 Å². The molecule has 0 fully saturated rings. The molecule has 0 spiro atoms. The normalized spacial score (nSPS) is 10.9. The summed E-state index contributed by atoms with van der Waals surface area (Å²) in [5.74, 6) is 2.72. The van der Waals surface area contributed by atoms with Crippen LogP contribution in [0.1, 0.15) is 44.0 Å². The molecule has 0 amide bonds. The molecule has 42 heavy (non-hydrogen) atoms. The maximum atomic E-state index is 12.7. The number of ether oxygens (including phenoxy) is 4. The fourth-order valence-electron chi connectivity index (χ4n) is 4.36. The van der Waals surface area contributed by atoms with Crippen molar-refractivity contribution in [1.29, 1.82) is 0 Å². The molecule has 2 aromatic heterocycles. The minimum Gasteiger partial charge on any atom is -0.497 e. The third kappa shape index (κ3) is 8.80. The van der Waals surface area contributed by atoms with Crippen molar-refractivity contribution in [3.8, 4) is 23.0 Å². The second-order valence-corrected chi connectivity index (χ2v) is 11.8. The molecule has 0 bridgehead atoms. The Morgan fingerprint density at radius 1 is 0.571 bits per heavy atom. The third-order valence-electron chi connectivity index (χ3n) is 6.51. The summed E-state index contributed by atoms with van der Waals surface area (Å²) in [7, 11) is 6.34. The van der Waals surface area contributed by atoms with Crippen molar-refractivity contribution in [3.63, 3.8) is 0 Å². The first-order chi connectivity index (χ1) is 20.4. The van der Waals surface area contributed by atoms with Gasteiger partial charge in [0.05, 0.1) is 41.3 Å². The predicted molar refractivity (Wildman–Crippen MR) is 160 cm³/mol.